The number of aliphatic imine (C=N–C) groups is 1. The molecule has 0 saturated carbocycles. The smallest absolute Gasteiger partial charge is 0.292 e. The number of ketones is 1. The van der Waals surface area contributed by atoms with Gasteiger partial charge in [0.2, 0.25) is 20.9 Å². The summed E-state index contributed by atoms with van der Waals surface area (Å²) in [6, 6.07) is 0. The van der Waals surface area contributed by atoms with Gasteiger partial charge in [-0.25, -0.2) is 23.8 Å². The van der Waals surface area contributed by atoms with Gasteiger partial charge in [0.25, 0.3) is 20.5 Å². The van der Waals surface area contributed by atoms with Crippen molar-refractivity contribution in [3.8, 4) is 0 Å². The van der Waals surface area contributed by atoms with Crippen LogP contribution < -0.4 is 5.56 Å². The molecule has 3 aromatic rings. The summed E-state index contributed by atoms with van der Waals surface area (Å²) in [6.45, 7) is -1.63. The van der Waals surface area contributed by atoms with E-state index in [1.807, 2.05) is 0 Å². The molecule has 4 radical (unpaired) electrons. The second-order valence-corrected chi connectivity index (χ2v) is 13.3. The molecule has 3 saturated heterocycles. The standard InChI is InChI=1S/C21H19B2F2N7O10P2/c22-43(35)38-5-12-18(14(25)21(40-12)32-7-28-16-9(32)2-29-30-19(16)34)42-44(23,36)37-4-11-17(41-43)13(24)20(39-11)31-6-27-15-8(31)1-26-3-10(15)33/h1-2,6-7,11-14,17-18,20-21H,3-5H2,(H,30,34)/t11-,12-,13+,14?,17?,18+,20-,21-,43?,44?/m1/s1. The number of fused-ring (bicyclic) bond motifs is 4. The van der Waals surface area contributed by atoms with Gasteiger partial charge in [0, 0.05) is 6.21 Å². The molecule has 7 heterocycles. The molecule has 23 heteroatoms. The maximum atomic E-state index is 15.9. The summed E-state index contributed by atoms with van der Waals surface area (Å²) in [5.74, 6) is -0.394. The van der Waals surface area contributed by atoms with Crippen molar-refractivity contribution in [1.82, 2.24) is 29.3 Å². The van der Waals surface area contributed by atoms with E-state index < -0.39 is 88.7 Å². The molecular formula is C21H19B2F2N7O10P2. The highest BCUT2D eigenvalue weighted by Crippen LogP contribution is 2.54. The van der Waals surface area contributed by atoms with Gasteiger partial charge < -0.3 is 27.6 Å². The van der Waals surface area contributed by atoms with Crippen LogP contribution in [-0.2, 0) is 36.7 Å². The summed E-state index contributed by atoms with van der Waals surface area (Å²) in [6.07, 6.45) is -8.80. The van der Waals surface area contributed by atoms with E-state index >= 15 is 8.78 Å². The maximum Gasteiger partial charge on any atom is 0.292 e. The summed E-state index contributed by atoms with van der Waals surface area (Å²) in [4.78, 5) is 36.0. The van der Waals surface area contributed by atoms with Gasteiger partial charge in [-0.05, 0) is 0 Å². The number of carbonyl (C=O) groups excluding carboxylic acids is 1. The summed E-state index contributed by atoms with van der Waals surface area (Å²) >= 11 is 0. The number of nitrogens with one attached hydrogen (secondary N) is 1. The average molecular weight is 651 g/mol. The Morgan fingerprint density at radius 3 is 2.14 bits per heavy atom. The second kappa shape index (κ2) is 10.9. The third kappa shape index (κ3) is 5.14. The van der Waals surface area contributed by atoms with E-state index in [9.17, 15) is 18.7 Å². The number of carbonyl (C=O) groups is 1. The zero-order chi connectivity index (χ0) is 31.0. The Morgan fingerprint density at radius 2 is 1.50 bits per heavy atom. The van der Waals surface area contributed by atoms with Gasteiger partial charge in [0.05, 0.1) is 43.3 Å². The van der Waals surface area contributed by atoms with E-state index in [2.05, 4.69) is 25.2 Å². The highest BCUT2D eigenvalue weighted by Gasteiger charge is 2.53. The monoisotopic (exact) mass is 651 g/mol. The Kier molecular flexibility index (Phi) is 7.37. The maximum absolute atomic E-state index is 15.9. The Morgan fingerprint density at radius 1 is 0.909 bits per heavy atom. The number of aromatic amines is 1. The lowest BCUT2D eigenvalue weighted by Crippen LogP contribution is -2.37. The van der Waals surface area contributed by atoms with Gasteiger partial charge in [0.15, 0.2) is 30.3 Å². The molecule has 0 amide bonds. The van der Waals surface area contributed by atoms with Gasteiger partial charge in [0.1, 0.15) is 36.7 Å². The molecule has 17 nitrogen and oxygen atoms in total. The largest absolute Gasteiger partial charge is 0.346 e. The number of ether oxygens (including phenoxy) is 2. The molecule has 0 aliphatic carbocycles. The van der Waals surface area contributed by atoms with E-state index in [4.69, 9.17) is 42.7 Å². The van der Waals surface area contributed by atoms with Gasteiger partial charge in [-0.1, -0.05) is 0 Å². The van der Waals surface area contributed by atoms with Crippen molar-refractivity contribution in [3.05, 3.63) is 40.6 Å². The van der Waals surface area contributed by atoms with Crippen LogP contribution in [0.25, 0.3) is 11.0 Å². The number of halogens is 2. The highest BCUT2D eigenvalue weighted by molar-refractivity contribution is 7.79. The highest BCUT2D eigenvalue weighted by atomic mass is 31.2. The molecular weight excluding hydrogens is 632 g/mol. The molecule has 44 heavy (non-hydrogen) atoms. The second-order valence-electron chi connectivity index (χ2n) is 10.2. The number of hydrogen-bond donors (Lipinski definition) is 1. The number of alkyl halides is 2. The van der Waals surface area contributed by atoms with E-state index in [0.29, 0.717) is 0 Å². The first kappa shape index (κ1) is 29.8. The van der Waals surface area contributed by atoms with Crippen LogP contribution in [-0.4, -0.2) is 113 Å². The van der Waals surface area contributed by atoms with Crippen LogP contribution in [0.3, 0.4) is 0 Å². The van der Waals surface area contributed by atoms with Gasteiger partial charge in [-0.2, -0.15) is 5.10 Å². The molecule has 4 aliphatic heterocycles. The fourth-order valence-electron chi connectivity index (χ4n) is 5.40. The minimum Gasteiger partial charge on any atom is -0.346 e. The van der Waals surface area contributed by atoms with Crippen molar-refractivity contribution in [2.75, 3.05) is 19.8 Å². The predicted molar refractivity (Wildman–Crippen MR) is 143 cm³/mol. The number of imidazole rings is 2. The van der Waals surface area contributed by atoms with Crippen LogP contribution in [0, 0.1) is 0 Å². The van der Waals surface area contributed by atoms with Crippen molar-refractivity contribution in [1.29, 1.82) is 0 Å². The molecule has 3 aromatic heterocycles. The molecule has 0 spiro atoms. The van der Waals surface area contributed by atoms with Crippen LogP contribution in [0.1, 0.15) is 28.6 Å². The molecule has 228 valence electrons. The number of hydrogen-bond acceptors (Lipinski definition) is 14. The summed E-state index contributed by atoms with van der Waals surface area (Å²) in [5, 5.41) is 5.87. The van der Waals surface area contributed by atoms with Crippen molar-refractivity contribution in [2.24, 2.45) is 4.99 Å². The quantitative estimate of drug-likeness (QED) is 0.297. The summed E-state index contributed by atoms with van der Waals surface area (Å²) in [7, 11) is 2.34. The molecule has 0 bridgehead atoms. The molecule has 4 aliphatic rings. The fraction of sp³-hybridized carbons (Fsp3) is 0.524. The van der Waals surface area contributed by atoms with Crippen LogP contribution in [0.5, 0.6) is 0 Å². The number of rotatable bonds is 2. The first-order chi connectivity index (χ1) is 20.9. The first-order valence-corrected chi connectivity index (χ1v) is 16.2. The Balaban J connectivity index is 1.16. The summed E-state index contributed by atoms with van der Waals surface area (Å²) < 4.78 is 93.3. The van der Waals surface area contributed by atoms with Crippen molar-refractivity contribution in [2.45, 2.75) is 49.2 Å². The van der Waals surface area contributed by atoms with E-state index in [1.165, 1.54) is 17.0 Å². The van der Waals surface area contributed by atoms with Crippen LogP contribution >= 0.6 is 14.9 Å². The molecule has 7 rings (SSSR count). The minimum atomic E-state index is -4.62. The molecule has 4 unspecified atom stereocenters. The van der Waals surface area contributed by atoms with Crippen LogP contribution in [0.15, 0.2) is 28.6 Å². The number of aromatic nitrogens is 6. The predicted octanol–water partition coefficient (Wildman–Crippen LogP) is 0.473. The lowest BCUT2D eigenvalue weighted by molar-refractivity contribution is -0.0553. The third-order valence-corrected chi connectivity index (χ3v) is 9.49. The zero-order valence-corrected chi connectivity index (χ0v) is 23.9. The normalized spacial score (nSPS) is 39.4. The Hall–Kier alpha value is -2.89. The van der Waals surface area contributed by atoms with Crippen LogP contribution in [0.4, 0.5) is 8.78 Å². The molecule has 0 aromatic carbocycles. The SMILES string of the molecule is [B]P1(=O)OC[C@H]2O[C@@H](n3cnc4c(=O)[nH]ncc43)C(F)[C@H]2OP([B])(=O)OC[C@H]2O[C@@H](n3cnc4c3C=NCC4=O)[C@@H](F)C2O1. The minimum absolute atomic E-state index is 0.0453. The van der Waals surface area contributed by atoms with E-state index in [1.54, 1.807) is 0 Å². The Bertz CT molecular complexity index is 1820. The fourth-order valence-corrected chi connectivity index (χ4v) is 7.41. The van der Waals surface area contributed by atoms with Gasteiger partial charge in [-0.3, -0.25) is 32.8 Å². The van der Waals surface area contributed by atoms with E-state index in [0.717, 1.165) is 17.2 Å². The molecule has 10 atom stereocenters. The topological polar surface area (TPSA) is 200 Å². The number of Topliss-reactive ketones (excluding diaryl/α,β-unsaturated/α-hetero) is 1. The lowest BCUT2D eigenvalue weighted by atomic mass is 10.1. The third-order valence-electron chi connectivity index (χ3n) is 7.40. The number of nitrogens with zero attached hydrogens (tertiary/aromatic N) is 6. The van der Waals surface area contributed by atoms with Crippen LogP contribution in [0.2, 0.25) is 0 Å². The van der Waals surface area contributed by atoms with Gasteiger partial charge >= 0.3 is 0 Å². The molecule has 3 fully saturated rings. The first-order valence-electron chi connectivity index (χ1n) is 12.9. The van der Waals surface area contributed by atoms with Crippen molar-refractivity contribution in [3.63, 3.8) is 0 Å². The van der Waals surface area contributed by atoms with E-state index in [-0.39, 0.29) is 29.0 Å². The zero-order valence-electron chi connectivity index (χ0n) is 22.1. The van der Waals surface area contributed by atoms with Crippen molar-refractivity contribution < 1.29 is 50.3 Å². The van der Waals surface area contributed by atoms with Gasteiger partial charge in [-0.15, -0.1) is 0 Å². The number of H-pyrrole nitrogens is 1. The lowest BCUT2D eigenvalue weighted by Gasteiger charge is -2.29. The average Bonchev–Trinajstić information content (AvgIpc) is 3.73. The Labute approximate surface area is 247 Å². The molecule has 1 N–H and O–H groups in total. The summed E-state index contributed by atoms with van der Waals surface area (Å²) in [5.41, 5.74) is -0.400. The van der Waals surface area contributed by atoms with Crippen molar-refractivity contribution >= 4 is 53.1 Å².